The van der Waals surface area contributed by atoms with Crippen LogP contribution in [0.1, 0.15) is 32.6 Å². The summed E-state index contributed by atoms with van der Waals surface area (Å²) in [4.78, 5) is 14.4. The Morgan fingerprint density at radius 1 is 1.17 bits per heavy atom. The first-order chi connectivity index (χ1) is 14.4. The molecule has 2 N–H and O–H groups in total. The van der Waals surface area contributed by atoms with Crippen LogP contribution in [-0.4, -0.2) is 40.5 Å². The van der Waals surface area contributed by atoms with E-state index in [4.69, 9.17) is 0 Å². The number of carbonyl (C=O) groups is 1. The Kier molecular flexibility index (Phi) is 7.44. The van der Waals surface area contributed by atoms with Crippen LogP contribution in [0.5, 0.6) is 0 Å². The minimum atomic E-state index is -4.00. The van der Waals surface area contributed by atoms with E-state index in [9.17, 15) is 17.6 Å². The highest BCUT2D eigenvalue weighted by atomic mass is 32.2. The van der Waals surface area contributed by atoms with Crippen LogP contribution in [0, 0.1) is 5.82 Å². The molecule has 0 aliphatic carbocycles. The van der Waals surface area contributed by atoms with Crippen molar-refractivity contribution in [3.05, 3.63) is 48.3 Å². The fourth-order valence-electron chi connectivity index (χ4n) is 3.46. The fourth-order valence-corrected chi connectivity index (χ4v) is 4.89. The maximum Gasteiger partial charge on any atom is 0.224 e. The molecule has 1 fully saturated rings. The number of nitrogens with one attached hydrogen (secondary N) is 2. The van der Waals surface area contributed by atoms with Gasteiger partial charge in [0, 0.05) is 31.7 Å². The molecule has 0 bridgehead atoms. The molecule has 2 aromatic rings. The second-order valence-corrected chi connectivity index (χ2v) is 9.30. The third-order valence-electron chi connectivity index (χ3n) is 5.10. The zero-order valence-corrected chi connectivity index (χ0v) is 18.0. The van der Waals surface area contributed by atoms with E-state index in [2.05, 4.69) is 15.5 Å². The van der Waals surface area contributed by atoms with Gasteiger partial charge in [0.2, 0.25) is 15.7 Å². The zero-order valence-electron chi connectivity index (χ0n) is 17.2. The Labute approximate surface area is 177 Å². The highest BCUT2D eigenvalue weighted by Crippen LogP contribution is 2.32. The van der Waals surface area contributed by atoms with Crippen molar-refractivity contribution in [3.8, 4) is 0 Å². The van der Waals surface area contributed by atoms with Gasteiger partial charge in [-0.2, -0.15) is 0 Å². The largest absolute Gasteiger partial charge is 0.370 e. The van der Waals surface area contributed by atoms with Gasteiger partial charge < -0.3 is 15.5 Å². The summed E-state index contributed by atoms with van der Waals surface area (Å²) in [5, 5.41) is 6.11. The fraction of sp³-hybridized carbons (Fsp3) is 0.409. The molecular formula is C22H28FN3O3S. The summed E-state index contributed by atoms with van der Waals surface area (Å²) in [7, 11) is -4.00. The number of amides is 1. The molecule has 1 amide bonds. The van der Waals surface area contributed by atoms with Crippen LogP contribution in [-0.2, 0) is 14.6 Å². The van der Waals surface area contributed by atoms with Crippen molar-refractivity contribution < 1.29 is 17.6 Å². The third-order valence-corrected chi connectivity index (χ3v) is 6.91. The summed E-state index contributed by atoms with van der Waals surface area (Å²) in [6.45, 7) is 5.39. The van der Waals surface area contributed by atoms with Crippen molar-refractivity contribution in [2.24, 2.45) is 0 Å². The molecule has 1 heterocycles. The van der Waals surface area contributed by atoms with E-state index in [1.807, 2.05) is 6.92 Å². The Bertz CT molecular complexity index is 987. The Morgan fingerprint density at radius 3 is 2.77 bits per heavy atom. The predicted molar refractivity (Wildman–Crippen MR) is 116 cm³/mol. The number of anilines is 2. The molecule has 3 rings (SSSR count). The average molecular weight is 434 g/mol. The summed E-state index contributed by atoms with van der Waals surface area (Å²) < 4.78 is 40.1. The van der Waals surface area contributed by atoms with E-state index in [1.54, 1.807) is 12.1 Å². The number of unbranched alkanes of at least 4 members (excludes halogenated alkanes) is 1. The van der Waals surface area contributed by atoms with Crippen LogP contribution in [0.15, 0.2) is 52.3 Å². The molecule has 0 atom stereocenters. The Balaban J connectivity index is 2.01. The van der Waals surface area contributed by atoms with Crippen molar-refractivity contribution in [3.63, 3.8) is 0 Å². The second kappa shape index (κ2) is 10.0. The SMILES string of the molecule is CCCCC(=O)Nc1cc(N2CCCNCC2)ccc1S(=O)(=O)c1cccc(F)c1. The molecule has 2 aromatic carbocycles. The lowest BCUT2D eigenvalue weighted by atomic mass is 10.2. The van der Waals surface area contributed by atoms with E-state index < -0.39 is 15.7 Å². The lowest BCUT2D eigenvalue weighted by molar-refractivity contribution is -0.116. The van der Waals surface area contributed by atoms with E-state index >= 15 is 0 Å². The van der Waals surface area contributed by atoms with Gasteiger partial charge in [0.1, 0.15) is 5.82 Å². The number of hydrogen-bond acceptors (Lipinski definition) is 5. The first kappa shape index (κ1) is 22.2. The number of nitrogens with zero attached hydrogens (tertiary/aromatic N) is 1. The molecule has 0 unspecified atom stereocenters. The van der Waals surface area contributed by atoms with Gasteiger partial charge in [-0.25, -0.2) is 12.8 Å². The van der Waals surface area contributed by atoms with Crippen LogP contribution in [0.2, 0.25) is 0 Å². The van der Waals surface area contributed by atoms with Crippen molar-refractivity contribution in [2.45, 2.75) is 42.4 Å². The van der Waals surface area contributed by atoms with Crippen molar-refractivity contribution >= 4 is 27.1 Å². The summed E-state index contributed by atoms with van der Waals surface area (Å²) in [5.41, 5.74) is 1.08. The monoisotopic (exact) mass is 433 g/mol. The minimum Gasteiger partial charge on any atom is -0.370 e. The molecular weight excluding hydrogens is 405 g/mol. The van der Waals surface area contributed by atoms with Gasteiger partial charge in [-0.15, -0.1) is 0 Å². The normalized spacial score (nSPS) is 14.9. The van der Waals surface area contributed by atoms with Gasteiger partial charge in [-0.3, -0.25) is 4.79 Å². The average Bonchev–Trinajstić information content (AvgIpc) is 3.01. The minimum absolute atomic E-state index is 0.0327. The molecule has 1 saturated heterocycles. The number of halogens is 1. The highest BCUT2D eigenvalue weighted by molar-refractivity contribution is 7.91. The summed E-state index contributed by atoms with van der Waals surface area (Å²) in [5.74, 6) is -0.861. The second-order valence-electron chi connectivity index (χ2n) is 7.38. The van der Waals surface area contributed by atoms with Crippen molar-refractivity contribution in [2.75, 3.05) is 36.4 Å². The van der Waals surface area contributed by atoms with Gasteiger partial charge >= 0.3 is 0 Å². The molecule has 162 valence electrons. The first-order valence-electron chi connectivity index (χ1n) is 10.3. The smallest absolute Gasteiger partial charge is 0.224 e. The van der Waals surface area contributed by atoms with Gasteiger partial charge in [0.05, 0.1) is 15.5 Å². The number of rotatable bonds is 7. The maximum atomic E-state index is 13.7. The summed E-state index contributed by atoms with van der Waals surface area (Å²) >= 11 is 0. The predicted octanol–water partition coefficient (Wildman–Crippen LogP) is 3.59. The molecule has 8 heteroatoms. The molecule has 1 aliphatic heterocycles. The number of benzene rings is 2. The standard InChI is InChI=1S/C22H28FN3O3S/c1-2-3-8-22(27)25-20-16-18(26-13-5-11-24-12-14-26)9-10-21(20)30(28,29)19-7-4-6-17(23)15-19/h4,6-7,9-10,15-16,24H,2-3,5,8,11-14H2,1H3,(H,25,27). The lowest BCUT2D eigenvalue weighted by Gasteiger charge is -2.24. The van der Waals surface area contributed by atoms with Crippen molar-refractivity contribution in [1.82, 2.24) is 5.32 Å². The van der Waals surface area contributed by atoms with Gasteiger partial charge in [0.15, 0.2) is 0 Å². The molecule has 0 spiro atoms. The molecule has 30 heavy (non-hydrogen) atoms. The molecule has 6 nitrogen and oxygen atoms in total. The molecule has 0 saturated carbocycles. The van der Waals surface area contributed by atoms with E-state index in [0.717, 1.165) is 57.2 Å². The number of sulfone groups is 1. The van der Waals surface area contributed by atoms with Crippen LogP contribution < -0.4 is 15.5 Å². The molecule has 1 aliphatic rings. The van der Waals surface area contributed by atoms with Gasteiger partial charge in [-0.05, 0) is 55.8 Å². The van der Waals surface area contributed by atoms with Crippen LogP contribution in [0.4, 0.5) is 15.8 Å². The van der Waals surface area contributed by atoms with E-state index in [0.29, 0.717) is 6.42 Å². The van der Waals surface area contributed by atoms with Gasteiger partial charge in [0.25, 0.3) is 0 Å². The Hall–Kier alpha value is -2.45. The van der Waals surface area contributed by atoms with E-state index in [-0.39, 0.29) is 21.4 Å². The lowest BCUT2D eigenvalue weighted by Crippen LogP contribution is -2.28. The van der Waals surface area contributed by atoms with Crippen LogP contribution in [0.3, 0.4) is 0 Å². The van der Waals surface area contributed by atoms with Crippen molar-refractivity contribution in [1.29, 1.82) is 0 Å². The number of carbonyl (C=O) groups excluding carboxylic acids is 1. The van der Waals surface area contributed by atoms with Crippen LogP contribution >= 0.6 is 0 Å². The zero-order chi connectivity index (χ0) is 21.6. The Morgan fingerprint density at radius 2 is 2.00 bits per heavy atom. The number of hydrogen-bond donors (Lipinski definition) is 2. The highest BCUT2D eigenvalue weighted by Gasteiger charge is 2.24. The first-order valence-corrected chi connectivity index (χ1v) is 11.8. The quantitative estimate of drug-likeness (QED) is 0.698. The van der Waals surface area contributed by atoms with Crippen LogP contribution in [0.25, 0.3) is 0 Å². The molecule has 0 aromatic heterocycles. The maximum absolute atomic E-state index is 13.7. The van der Waals surface area contributed by atoms with E-state index in [1.165, 1.54) is 24.3 Å². The van der Waals surface area contributed by atoms with Gasteiger partial charge in [-0.1, -0.05) is 19.4 Å². The molecule has 0 radical (unpaired) electrons. The topological polar surface area (TPSA) is 78.5 Å². The third kappa shape index (κ3) is 5.37. The summed E-state index contributed by atoms with van der Waals surface area (Å²) in [6, 6.07) is 9.87. The summed E-state index contributed by atoms with van der Waals surface area (Å²) in [6.07, 6.45) is 2.87.